The van der Waals surface area contributed by atoms with Crippen LogP contribution in [0.4, 0.5) is 15.3 Å². The third-order valence-electron chi connectivity index (χ3n) is 9.43. The topological polar surface area (TPSA) is 67.9 Å². The molecule has 2 unspecified atom stereocenters. The summed E-state index contributed by atoms with van der Waals surface area (Å²) < 4.78 is 0. The fraction of sp³-hybridized carbons (Fsp3) is 0.562. The number of nitrogens with zero attached hydrogens (tertiary/aromatic N) is 3. The van der Waals surface area contributed by atoms with Crippen molar-refractivity contribution >= 4 is 28.5 Å². The Morgan fingerprint density at radius 3 is 2.56 bits per heavy atom. The Morgan fingerprint density at radius 1 is 1.05 bits per heavy atom. The minimum atomic E-state index is -0.0476. The lowest BCUT2D eigenvalue weighted by Crippen LogP contribution is -2.53. The Morgan fingerprint density at radius 2 is 1.82 bits per heavy atom. The molecule has 0 radical (unpaired) electrons. The van der Waals surface area contributed by atoms with Crippen molar-refractivity contribution < 1.29 is 9.59 Å². The minimum absolute atomic E-state index is 0.0476. The first-order valence-electron chi connectivity index (χ1n) is 14.8. The van der Waals surface area contributed by atoms with Crippen LogP contribution >= 0.6 is 0 Å². The number of piperazine rings is 1. The first-order valence-corrected chi connectivity index (χ1v) is 14.8. The molecular formula is C32H45N5O2. The summed E-state index contributed by atoms with van der Waals surface area (Å²) in [5.74, 6) is 1.40. The van der Waals surface area contributed by atoms with E-state index in [0.717, 1.165) is 74.4 Å². The molecule has 210 valence electrons. The Balaban J connectivity index is 1.13. The molecule has 4 amide bonds. The first-order chi connectivity index (χ1) is 18.9. The number of nitrogens with one attached hydrogen (secondary N) is 2. The van der Waals surface area contributed by atoms with Gasteiger partial charge >= 0.3 is 12.1 Å². The van der Waals surface area contributed by atoms with Crippen LogP contribution in [0.15, 0.2) is 54.1 Å². The van der Waals surface area contributed by atoms with Crippen LogP contribution < -0.4 is 10.6 Å². The maximum absolute atomic E-state index is 13.2. The van der Waals surface area contributed by atoms with E-state index >= 15 is 0 Å². The second-order valence-corrected chi connectivity index (χ2v) is 12.1. The molecule has 4 aliphatic rings. The van der Waals surface area contributed by atoms with E-state index in [0.29, 0.717) is 31.0 Å². The average molecular weight is 532 g/mol. The van der Waals surface area contributed by atoms with Crippen molar-refractivity contribution in [2.75, 3.05) is 57.7 Å². The van der Waals surface area contributed by atoms with E-state index in [2.05, 4.69) is 54.5 Å². The van der Waals surface area contributed by atoms with Crippen LogP contribution in [0.3, 0.4) is 0 Å². The fourth-order valence-corrected chi connectivity index (χ4v) is 6.58. The van der Waals surface area contributed by atoms with Crippen LogP contribution in [-0.2, 0) is 0 Å². The predicted molar refractivity (Wildman–Crippen MR) is 159 cm³/mol. The highest BCUT2D eigenvalue weighted by Gasteiger charge is 2.51. The van der Waals surface area contributed by atoms with E-state index in [1.54, 1.807) is 0 Å². The molecule has 2 aromatic carbocycles. The van der Waals surface area contributed by atoms with Crippen molar-refractivity contribution in [1.29, 1.82) is 0 Å². The predicted octanol–water partition coefficient (Wildman–Crippen LogP) is 5.79. The summed E-state index contributed by atoms with van der Waals surface area (Å²) in [6.45, 7) is 12.9. The number of anilines is 1. The van der Waals surface area contributed by atoms with E-state index in [1.165, 1.54) is 12.0 Å². The van der Waals surface area contributed by atoms with Gasteiger partial charge in [0.15, 0.2) is 0 Å². The summed E-state index contributed by atoms with van der Waals surface area (Å²) in [6.07, 6.45) is 6.90. The van der Waals surface area contributed by atoms with Gasteiger partial charge in [0, 0.05) is 57.7 Å². The molecule has 2 bridgehead atoms. The molecule has 3 aliphatic carbocycles. The van der Waals surface area contributed by atoms with Crippen molar-refractivity contribution in [1.82, 2.24) is 20.0 Å². The van der Waals surface area contributed by atoms with Gasteiger partial charge in [0.25, 0.3) is 0 Å². The molecule has 1 saturated heterocycles. The number of fused-ring (bicyclic) bond motifs is 2. The van der Waals surface area contributed by atoms with Gasteiger partial charge in [-0.2, -0.15) is 0 Å². The maximum Gasteiger partial charge on any atom is 0.321 e. The quantitative estimate of drug-likeness (QED) is 0.318. The zero-order valence-corrected chi connectivity index (χ0v) is 23.9. The van der Waals surface area contributed by atoms with Gasteiger partial charge in [-0.25, -0.2) is 9.59 Å². The Bertz CT molecular complexity index is 1190. The van der Waals surface area contributed by atoms with Gasteiger partial charge in [0.2, 0.25) is 0 Å². The van der Waals surface area contributed by atoms with Crippen molar-refractivity contribution in [3.8, 4) is 0 Å². The minimum Gasteiger partial charge on any atom is -0.338 e. The van der Waals surface area contributed by atoms with Crippen LogP contribution in [0.5, 0.6) is 0 Å². The van der Waals surface area contributed by atoms with Gasteiger partial charge in [0.05, 0.1) is 5.69 Å². The number of allylic oxidation sites excluding steroid dienone is 1. The first kappa shape index (κ1) is 27.5. The summed E-state index contributed by atoms with van der Waals surface area (Å²) in [6, 6.07) is 14.1. The highest BCUT2D eigenvalue weighted by atomic mass is 16.2. The second kappa shape index (κ2) is 12.0. The summed E-state index contributed by atoms with van der Waals surface area (Å²) in [4.78, 5) is 32.5. The lowest BCUT2D eigenvalue weighted by atomic mass is 9.49. The van der Waals surface area contributed by atoms with Gasteiger partial charge in [-0.15, -0.1) is 0 Å². The molecule has 1 saturated carbocycles. The number of amides is 4. The molecule has 7 heteroatoms. The molecular weight excluding hydrogens is 486 g/mol. The SMILES string of the molecule is CCCCNC(=O)N(CCN1CCN(C(=O)Nc2cccc3ccccc23)CC1)CC1=CCC2CC1C2(C)C. The molecule has 1 heterocycles. The summed E-state index contributed by atoms with van der Waals surface area (Å²) >= 11 is 0. The molecule has 0 aromatic heterocycles. The standard InChI is InChI=1S/C32H45N5O2/c1-4-5-15-33-30(38)37(23-25-13-14-26-22-28(25)32(26,2)3)21-18-35-16-19-36(20-17-35)31(39)34-29-12-8-10-24-9-6-7-11-27(24)29/h6-13,26,28H,4-5,14-23H2,1-3H3,(H,33,38)(H,34,39). The molecule has 0 spiro atoms. The summed E-state index contributed by atoms with van der Waals surface area (Å²) in [7, 11) is 0. The smallest absolute Gasteiger partial charge is 0.321 e. The molecule has 2 aromatic rings. The lowest BCUT2D eigenvalue weighted by molar-refractivity contribution is -0.00982. The largest absolute Gasteiger partial charge is 0.338 e. The number of hydrogen-bond donors (Lipinski definition) is 2. The Hall–Kier alpha value is -3.06. The Kier molecular flexibility index (Phi) is 8.46. The fourth-order valence-electron chi connectivity index (χ4n) is 6.58. The van der Waals surface area contributed by atoms with Gasteiger partial charge in [-0.1, -0.05) is 75.2 Å². The summed E-state index contributed by atoms with van der Waals surface area (Å²) in [5.41, 5.74) is 2.66. The van der Waals surface area contributed by atoms with E-state index in [-0.39, 0.29) is 12.1 Å². The number of hydrogen-bond acceptors (Lipinski definition) is 3. The highest BCUT2D eigenvalue weighted by Crippen LogP contribution is 2.59. The van der Waals surface area contributed by atoms with Crippen molar-refractivity contribution in [3.05, 3.63) is 54.1 Å². The Labute approximate surface area is 233 Å². The van der Waals surface area contributed by atoms with Gasteiger partial charge in [-0.3, -0.25) is 4.90 Å². The zero-order valence-electron chi connectivity index (χ0n) is 23.9. The van der Waals surface area contributed by atoms with Crippen molar-refractivity contribution in [2.45, 2.75) is 46.5 Å². The van der Waals surface area contributed by atoms with E-state index < -0.39 is 0 Å². The van der Waals surface area contributed by atoms with Crippen molar-refractivity contribution in [2.24, 2.45) is 17.3 Å². The van der Waals surface area contributed by atoms with Crippen LogP contribution in [0.2, 0.25) is 0 Å². The van der Waals surface area contributed by atoms with Gasteiger partial charge in [0.1, 0.15) is 0 Å². The number of urea groups is 2. The van der Waals surface area contributed by atoms with E-state index in [9.17, 15) is 9.59 Å². The molecule has 1 aliphatic heterocycles. The van der Waals surface area contributed by atoms with Crippen LogP contribution in [0.25, 0.3) is 10.8 Å². The number of unbranched alkanes of at least 4 members (excludes halogenated alkanes) is 1. The highest BCUT2D eigenvalue weighted by molar-refractivity contribution is 6.01. The van der Waals surface area contributed by atoms with E-state index in [1.807, 2.05) is 40.1 Å². The monoisotopic (exact) mass is 531 g/mol. The lowest BCUT2D eigenvalue weighted by Gasteiger charge is -2.57. The maximum atomic E-state index is 13.2. The number of carbonyl (C=O) groups excluding carboxylic acids is 2. The van der Waals surface area contributed by atoms with Crippen molar-refractivity contribution in [3.63, 3.8) is 0 Å². The normalized spacial score (nSPS) is 22.1. The molecule has 2 atom stereocenters. The van der Waals surface area contributed by atoms with Crippen LogP contribution in [-0.4, -0.2) is 79.1 Å². The number of carbonyl (C=O) groups is 2. The zero-order chi connectivity index (χ0) is 27.4. The molecule has 7 nitrogen and oxygen atoms in total. The van der Waals surface area contributed by atoms with Gasteiger partial charge in [-0.05, 0) is 48.0 Å². The third kappa shape index (κ3) is 6.08. The molecule has 2 N–H and O–H groups in total. The van der Waals surface area contributed by atoms with Gasteiger partial charge < -0.3 is 20.4 Å². The summed E-state index contributed by atoms with van der Waals surface area (Å²) in [5, 5.41) is 8.44. The third-order valence-corrected chi connectivity index (χ3v) is 9.43. The van der Waals surface area contributed by atoms with Crippen LogP contribution in [0.1, 0.15) is 46.5 Å². The molecule has 39 heavy (non-hydrogen) atoms. The molecule has 6 rings (SSSR count). The van der Waals surface area contributed by atoms with E-state index in [4.69, 9.17) is 0 Å². The van der Waals surface area contributed by atoms with Crippen LogP contribution in [0, 0.1) is 17.3 Å². The molecule has 2 fully saturated rings. The number of rotatable bonds is 9. The number of benzene rings is 2. The average Bonchev–Trinajstić information content (AvgIpc) is 2.95. The second-order valence-electron chi connectivity index (χ2n) is 12.1.